The molecule has 180 valence electrons. The van der Waals surface area contributed by atoms with Gasteiger partial charge in [-0.15, -0.1) is 0 Å². The van der Waals surface area contributed by atoms with Crippen molar-refractivity contribution in [3.8, 4) is 5.75 Å². The number of benzene rings is 1. The average Bonchev–Trinajstić information content (AvgIpc) is 3.25. The highest BCUT2D eigenvalue weighted by atomic mass is 16.5. The van der Waals surface area contributed by atoms with Crippen molar-refractivity contribution in [2.24, 2.45) is 0 Å². The van der Waals surface area contributed by atoms with Crippen molar-refractivity contribution in [3.63, 3.8) is 0 Å². The maximum absolute atomic E-state index is 13.2. The second kappa shape index (κ2) is 9.49. The molecule has 0 bridgehead atoms. The number of allylic oxidation sites excluding steroid dienone is 2. The second-order valence-corrected chi connectivity index (χ2v) is 9.39. The molecule has 7 heteroatoms. The lowest BCUT2D eigenvalue weighted by Gasteiger charge is -2.22. The molecule has 2 aliphatic rings. The van der Waals surface area contributed by atoms with Gasteiger partial charge in [0.15, 0.2) is 5.78 Å². The number of aryl methyl sites for hydroxylation is 1. The summed E-state index contributed by atoms with van der Waals surface area (Å²) < 4.78 is 7.34. The number of urea groups is 1. The van der Waals surface area contributed by atoms with Crippen molar-refractivity contribution in [2.45, 2.75) is 65.0 Å². The molecule has 0 spiro atoms. The Morgan fingerprint density at radius 1 is 1.15 bits per heavy atom. The van der Waals surface area contributed by atoms with Crippen LogP contribution in [0.25, 0.3) is 0 Å². The molecule has 1 unspecified atom stereocenters. The van der Waals surface area contributed by atoms with Crippen molar-refractivity contribution in [3.05, 3.63) is 64.5 Å². The molecule has 0 radical (unpaired) electrons. The standard InChI is InChI=1S/C27H33N3O4/c1-18-16-23(19(2)29(18)15-14-20-8-6-5-7-9-20)24(31)17-30-25(32)27(3,28-26(30)33)21-10-12-22(34-4)13-11-21/h8,10-13,16H,5-7,9,14-15,17H2,1-4H3,(H,28,33). The fourth-order valence-electron chi connectivity index (χ4n) is 5.00. The molecular formula is C27H33N3O4. The van der Waals surface area contributed by atoms with Crippen LogP contribution in [0.2, 0.25) is 0 Å². The predicted molar refractivity (Wildman–Crippen MR) is 130 cm³/mol. The summed E-state index contributed by atoms with van der Waals surface area (Å²) in [5, 5.41) is 2.76. The Morgan fingerprint density at radius 3 is 2.53 bits per heavy atom. The van der Waals surface area contributed by atoms with Crippen LogP contribution < -0.4 is 10.1 Å². The van der Waals surface area contributed by atoms with Gasteiger partial charge in [0.1, 0.15) is 11.3 Å². The molecule has 7 nitrogen and oxygen atoms in total. The van der Waals surface area contributed by atoms with Crippen molar-refractivity contribution in [1.82, 2.24) is 14.8 Å². The summed E-state index contributed by atoms with van der Waals surface area (Å²) in [6, 6.07) is 8.29. The molecule has 2 aromatic rings. The monoisotopic (exact) mass is 463 g/mol. The van der Waals surface area contributed by atoms with Gasteiger partial charge in [0.25, 0.3) is 5.91 Å². The highest BCUT2D eigenvalue weighted by Crippen LogP contribution is 2.30. The average molecular weight is 464 g/mol. The van der Waals surface area contributed by atoms with Gasteiger partial charge in [0, 0.05) is 23.5 Å². The molecule has 1 atom stereocenters. The highest BCUT2D eigenvalue weighted by Gasteiger charge is 2.49. The van der Waals surface area contributed by atoms with Gasteiger partial charge in [-0.05, 0) is 76.6 Å². The fraction of sp³-hybridized carbons (Fsp3) is 0.444. The van der Waals surface area contributed by atoms with Gasteiger partial charge in [-0.2, -0.15) is 0 Å². The van der Waals surface area contributed by atoms with E-state index in [2.05, 4.69) is 16.0 Å². The minimum Gasteiger partial charge on any atom is -0.497 e. The third-order valence-corrected chi connectivity index (χ3v) is 7.16. The van der Waals surface area contributed by atoms with Crippen LogP contribution in [-0.4, -0.2) is 40.8 Å². The van der Waals surface area contributed by atoms with E-state index >= 15 is 0 Å². The van der Waals surface area contributed by atoms with Crippen molar-refractivity contribution >= 4 is 17.7 Å². The number of carbonyl (C=O) groups is 3. The van der Waals surface area contributed by atoms with E-state index in [1.807, 2.05) is 19.9 Å². The van der Waals surface area contributed by atoms with Gasteiger partial charge >= 0.3 is 6.03 Å². The van der Waals surface area contributed by atoms with E-state index in [1.165, 1.54) is 18.4 Å². The summed E-state index contributed by atoms with van der Waals surface area (Å²) in [5.41, 5.74) is 3.35. The fourth-order valence-corrected chi connectivity index (χ4v) is 5.00. The van der Waals surface area contributed by atoms with E-state index in [4.69, 9.17) is 4.74 Å². The van der Waals surface area contributed by atoms with E-state index in [9.17, 15) is 14.4 Å². The number of hydrogen-bond acceptors (Lipinski definition) is 4. The van der Waals surface area contributed by atoms with Crippen LogP contribution >= 0.6 is 0 Å². The Bertz CT molecular complexity index is 1150. The normalized spacial score (nSPS) is 20.4. The minimum absolute atomic E-state index is 0.237. The number of methoxy groups -OCH3 is 1. The first-order chi connectivity index (χ1) is 16.2. The lowest BCUT2D eigenvalue weighted by molar-refractivity contribution is -0.130. The molecule has 1 aromatic heterocycles. The number of hydrogen-bond donors (Lipinski definition) is 1. The summed E-state index contributed by atoms with van der Waals surface area (Å²) in [5.74, 6) is -0.0148. The van der Waals surface area contributed by atoms with Crippen LogP contribution in [0.5, 0.6) is 5.75 Å². The Kier molecular flexibility index (Phi) is 6.64. The molecule has 3 amide bonds. The topological polar surface area (TPSA) is 80.6 Å². The number of imide groups is 1. The quantitative estimate of drug-likeness (QED) is 0.351. The number of carbonyl (C=O) groups excluding carboxylic acids is 3. The van der Waals surface area contributed by atoms with Crippen molar-refractivity contribution < 1.29 is 19.1 Å². The molecule has 1 aliphatic heterocycles. The van der Waals surface area contributed by atoms with Crippen molar-refractivity contribution in [1.29, 1.82) is 0 Å². The van der Waals surface area contributed by atoms with Gasteiger partial charge in [0.05, 0.1) is 13.7 Å². The first-order valence-electron chi connectivity index (χ1n) is 11.9. The maximum atomic E-state index is 13.2. The molecule has 0 saturated carbocycles. The maximum Gasteiger partial charge on any atom is 0.325 e. The Hall–Kier alpha value is -3.35. The molecule has 1 aliphatic carbocycles. The third-order valence-electron chi connectivity index (χ3n) is 7.16. The van der Waals surface area contributed by atoms with E-state index in [0.717, 1.165) is 42.1 Å². The number of nitrogens with one attached hydrogen (secondary N) is 1. The lowest BCUT2D eigenvalue weighted by Crippen LogP contribution is -2.41. The number of nitrogens with zero attached hydrogens (tertiary/aromatic N) is 2. The Balaban J connectivity index is 1.48. The van der Waals surface area contributed by atoms with Crippen LogP contribution in [-0.2, 0) is 16.9 Å². The number of amides is 3. The Labute approximate surface area is 200 Å². The zero-order valence-corrected chi connectivity index (χ0v) is 20.4. The van der Waals surface area contributed by atoms with Crippen LogP contribution in [0, 0.1) is 13.8 Å². The number of rotatable bonds is 8. The highest BCUT2D eigenvalue weighted by molar-refractivity contribution is 6.11. The molecule has 1 fully saturated rings. The molecule has 4 rings (SSSR count). The van der Waals surface area contributed by atoms with Gasteiger partial charge < -0.3 is 14.6 Å². The number of aromatic nitrogens is 1. The second-order valence-electron chi connectivity index (χ2n) is 9.39. The van der Waals surface area contributed by atoms with Crippen molar-refractivity contribution in [2.75, 3.05) is 13.7 Å². The van der Waals surface area contributed by atoms with E-state index < -0.39 is 17.5 Å². The summed E-state index contributed by atoms with van der Waals surface area (Å²) in [7, 11) is 1.57. The SMILES string of the molecule is COc1ccc(C2(C)NC(=O)N(CC(=O)c3cc(C)n(CCC4=CCCCC4)c3C)C2=O)cc1. The van der Waals surface area contributed by atoms with E-state index in [-0.39, 0.29) is 12.3 Å². The molecule has 1 aromatic carbocycles. The molecule has 34 heavy (non-hydrogen) atoms. The summed E-state index contributed by atoms with van der Waals surface area (Å²) in [6.07, 6.45) is 8.16. The predicted octanol–water partition coefficient (Wildman–Crippen LogP) is 4.65. The van der Waals surface area contributed by atoms with Gasteiger partial charge in [-0.3, -0.25) is 14.5 Å². The summed E-state index contributed by atoms with van der Waals surface area (Å²) in [4.78, 5) is 40.2. The smallest absolute Gasteiger partial charge is 0.325 e. The first-order valence-corrected chi connectivity index (χ1v) is 11.9. The van der Waals surface area contributed by atoms with E-state index in [1.54, 1.807) is 38.3 Å². The van der Waals surface area contributed by atoms with Gasteiger partial charge in [-0.1, -0.05) is 23.8 Å². The molecular weight excluding hydrogens is 430 g/mol. The largest absolute Gasteiger partial charge is 0.497 e. The minimum atomic E-state index is -1.23. The van der Waals surface area contributed by atoms with Gasteiger partial charge in [-0.25, -0.2) is 4.79 Å². The van der Waals surface area contributed by atoms with Crippen LogP contribution in [0.1, 0.15) is 66.3 Å². The number of Topliss-reactive ketones (excluding diaryl/α,β-unsaturated/α-hetero) is 1. The number of ketones is 1. The van der Waals surface area contributed by atoms with Gasteiger partial charge in [0.2, 0.25) is 0 Å². The summed E-state index contributed by atoms with van der Waals surface area (Å²) in [6.45, 7) is 6.13. The lowest BCUT2D eigenvalue weighted by atomic mass is 9.92. The molecule has 1 saturated heterocycles. The summed E-state index contributed by atoms with van der Waals surface area (Å²) >= 11 is 0. The molecule has 1 N–H and O–H groups in total. The third kappa shape index (κ3) is 4.39. The van der Waals surface area contributed by atoms with Crippen LogP contribution in [0.15, 0.2) is 42.0 Å². The van der Waals surface area contributed by atoms with E-state index in [0.29, 0.717) is 16.9 Å². The number of ether oxygens (including phenoxy) is 1. The zero-order valence-electron chi connectivity index (χ0n) is 20.4. The first kappa shape index (κ1) is 23.8. The zero-order chi connectivity index (χ0) is 24.5. The molecule has 2 heterocycles. The Morgan fingerprint density at radius 2 is 1.88 bits per heavy atom. The van der Waals surface area contributed by atoms with Crippen LogP contribution in [0.3, 0.4) is 0 Å². The van der Waals surface area contributed by atoms with Crippen LogP contribution in [0.4, 0.5) is 4.79 Å².